The zero-order chi connectivity index (χ0) is 16.7. The third-order valence-electron chi connectivity index (χ3n) is 4.25. The summed E-state index contributed by atoms with van der Waals surface area (Å²) in [5.41, 5.74) is -2.56. The smallest absolute Gasteiger partial charge is 0.270 e. The number of carbonyl (C=O) groups excluding carboxylic acids is 2. The number of hydrogen-bond donors (Lipinski definition) is 0. The Kier molecular flexibility index (Phi) is 4.22. The van der Waals surface area contributed by atoms with Gasteiger partial charge in [0.25, 0.3) is 0 Å². The molecule has 0 N–H and O–H groups in total. The summed E-state index contributed by atoms with van der Waals surface area (Å²) in [7, 11) is 5.38. The van der Waals surface area contributed by atoms with Crippen LogP contribution >= 0.6 is 0 Å². The molecule has 2 aliphatic heterocycles. The Morgan fingerprint density at radius 1 is 0.818 bits per heavy atom. The van der Waals surface area contributed by atoms with Crippen molar-refractivity contribution in [2.75, 3.05) is 28.4 Å². The predicted molar refractivity (Wildman–Crippen MR) is 72.2 cm³/mol. The fourth-order valence-electron chi connectivity index (χ4n) is 3.49. The molecule has 0 radical (unpaired) electrons. The normalized spacial score (nSPS) is 31.5. The van der Waals surface area contributed by atoms with Crippen molar-refractivity contribution in [3.05, 3.63) is 0 Å². The topological polar surface area (TPSA) is 84.0 Å². The summed E-state index contributed by atoms with van der Waals surface area (Å²) >= 11 is 0. The van der Waals surface area contributed by atoms with Gasteiger partial charge in [-0.1, -0.05) is 13.3 Å². The van der Waals surface area contributed by atoms with Crippen LogP contribution in [0.25, 0.3) is 0 Å². The molecule has 10 heteroatoms. The van der Waals surface area contributed by atoms with Crippen LogP contribution < -0.4 is 0 Å². The molecular formula is C12H22N4O6. The standard InChI is InChI=1S/C12H22N4O6/c1-7-8-12-11(2,13(19-3)9(17)15(12)21-5)14(20-4)10(18)16(12)22-6/h7-8H2,1-6H3. The number of nitrogens with zero attached hydrogens (tertiary/aromatic N) is 4. The van der Waals surface area contributed by atoms with E-state index in [2.05, 4.69) is 0 Å². The molecule has 0 aromatic rings. The van der Waals surface area contributed by atoms with Crippen LogP contribution in [-0.2, 0) is 19.4 Å². The summed E-state index contributed by atoms with van der Waals surface area (Å²) in [6.45, 7) is 3.58. The minimum atomic E-state index is -1.30. The van der Waals surface area contributed by atoms with Gasteiger partial charge in [0, 0.05) is 0 Å². The predicted octanol–water partition coefficient (Wildman–Crippen LogP) is 0.920. The van der Waals surface area contributed by atoms with Gasteiger partial charge >= 0.3 is 12.1 Å². The van der Waals surface area contributed by atoms with Gasteiger partial charge in [-0.25, -0.2) is 9.59 Å². The van der Waals surface area contributed by atoms with Crippen molar-refractivity contribution in [3.63, 3.8) is 0 Å². The lowest BCUT2D eigenvalue weighted by Crippen LogP contribution is -2.66. The SMILES string of the molecule is CCCC12N(OC)C(=O)N(OC)C1(C)N(OC)C(=O)N2OC. The number of fused-ring (bicyclic) bond motifs is 1. The lowest BCUT2D eigenvalue weighted by atomic mass is 9.92. The minimum Gasteiger partial charge on any atom is -0.270 e. The first-order valence-electron chi connectivity index (χ1n) is 6.87. The third-order valence-corrected chi connectivity index (χ3v) is 4.25. The van der Waals surface area contributed by atoms with Gasteiger partial charge in [-0.05, 0) is 13.3 Å². The zero-order valence-electron chi connectivity index (χ0n) is 13.7. The molecule has 0 atom stereocenters. The Morgan fingerprint density at radius 3 is 1.45 bits per heavy atom. The van der Waals surface area contributed by atoms with E-state index in [9.17, 15) is 9.59 Å². The summed E-state index contributed by atoms with van der Waals surface area (Å²) in [6.07, 6.45) is 1.05. The Bertz CT molecular complexity index is 441. The van der Waals surface area contributed by atoms with Gasteiger partial charge in [-0.15, -0.1) is 0 Å². The Hall–Kier alpha value is -1.62. The van der Waals surface area contributed by atoms with E-state index in [4.69, 9.17) is 19.4 Å². The number of hydrogen-bond acceptors (Lipinski definition) is 6. The molecule has 2 rings (SSSR count). The van der Waals surface area contributed by atoms with E-state index in [1.807, 2.05) is 6.92 Å². The highest BCUT2D eigenvalue weighted by molar-refractivity contribution is 5.85. The second-order valence-electron chi connectivity index (χ2n) is 5.06. The van der Waals surface area contributed by atoms with Crippen molar-refractivity contribution in [1.82, 2.24) is 20.3 Å². The van der Waals surface area contributed by atoms with E-state index in [-0.39, 0.29) is 0 Å². The van der Waals surface area contributed by atoms with Crippen LogP contribution in [-0.4, -0.2) is 72.1 Å². The van der Waals surface area contributed by atoms with Gasteiger partial charge in [0.2, 0.25) is 11.3 Å². The molecule has 2 aliphatic rings. The Labute approximate surface area is 128 Å². The first-order valence-corrected chi connectivity index (χ1v) is 6.87. The fourth-order valence-corrected chi connectivity index (χ4v) is 3.49. The molecule has 0 bridgehead atoms. The third kappa shape index (κ3) is 1.57. The van der Waals surface area contributed by atoms with Crippen LogP contribution in [0.5, 0.6) is 0 Å². The number of carbonyl (C=O) groups is 2. The van der Waals surface area contributed by atoms with Gasteiger partial charge < -0.3 is 0 Å². The number of amides is 4. The average Bonchev–Trinajstić information content (AvgIpc) is 2.77. The Balaban J connectivity index is 2.74. The maximum Gasteiger partial charge on any atom is 0.372 e. The summed E-state index contributed by atoms with van der Waals surface area (Å²) in [4.78, 5) is 46.2. The van der Waals surface area contributed by atoms with E-state index >= 15 is 0 Å². The molecule has 0 saturated carbocycles. The molecular weight excluding hydrogens is 296 g/mol. The van der Waals surface area contributed by atoms with E-state index in [0.717, 1.165) is 20.3 Å². The van der Waals surface area contributed by atoms with E-state index in [0.29, 0.717) is 12.8 Å². The number of hydroxylamine groups is 8. The van der Waals surface area contributed by atoms with Crippen LogP contribution in [0.1, 0.15) is 26.7 Å². The monoisotopic (exact) mass is 318 g/mol. The molecule has 0 spiro atoms. The van der Waals surface area contributed by atoms with Crippen molar-refractivity contribution >= 4 is 12.1 Å². The van der Waals surface area contributed by atoms with Crippen molar-refractivity contribution < 1.29 is 28.9 Å². The van der Waals surface area contributed by atoms with Crippen molar-refractivity contribution in [3.8, 4) is 0 Å². The lowest BCUT2D eigenvalue weighted by Gasteiger charge is -2.43. The molecule has 0 aromatic carbocycles. The van der Waals surface area contributed by atoms with Gasteiger partial charge in [-0.2, -0.15) is 20.3 Å². The van der Waals surface area contributed by atoms with Crippen LogP contribution in [0.3, 0.4) is 0 Å². The summed E-state index contributed by atoms with van der Waals surface area (Å²) in [6, 6.07) is -1.12. The first-order chi connectivity index (χ1) is 10.4. The van der Waals surface area contributed by atoms with E-state index in [1.54, 1.807) is 6.92 Å². The van der Waals surface area contributed by atoms with Crippen LogP contribution in [0.4, 0.5) is 9.59 Å². The average molecular weight is 318 g/mol. The molecule has 2 heterocycles. The molecule has 22 heavy (non-hydrogen) atoms. The van der Waals surface area contributed by atoms with Gasteiger partial charge in [0.05, 0.1) is 28.4 Å². The molecule has 2 fully saturated rings. The minimum absolute atomic E-state index is 0.391. The van der Waals surface area contributed by atoms with Gasteiger partial charge in [-0.3, -0.25) is 19.4 Å². The molecule has 10 nitrogen and oxygen atoms in total. The molecule has 2 saturated heterocycles. The lowest BCUT2D eigenvalue weighted by molar-refractivity contribution is -0.307. The van der Waals surface area contributed by atoms with Crippen molar-refractivity contribution in [2.24, 2.45) is 0 Å². The highest BCUT2D eigenvalue weighted by Crippen LogP contribution is 2.53. The van der Waals surface area contributed by atoms with Crippen LogP contribution in [0.2, 0.25) is 0 Å². The Morgan fingerprint density at radius 2 is 1.18 bits per heavy atom. The highest BCUT2D eigenvalue weighted by atomic mass is 16.8. The second kappa shape index (κ2) is 5.54. The molecule has 4 amide bonds. The quantitative estimate of drug-likeness (QED) is 0.724. The van der Waals surface area contributed by atoms with Gasteiger partial charge in [0.1, 0.15) is 0 Å². The van der Waals surface area contributed by atoms with E-state index < -0.39 is 23.4 Å². The number of rotatable bonds is 6. The van der Waals surface area contributed by atoms with Crippen LogP contribution in [0.15, 0.2) is 0 Å². The largest absolute Gasteiger partial charge is 0.372 e. The van der Waals surface area contributed by atoms with E-state index in [1.165, 1.54) is 28.4 Å². The summed E-state index contributed by atoms with van der Waals surface area (Å²) in [5, 5.41) is 4.26. The molecule has 0 aliphatic carbocycles. The summed E-state index contributed by atoms with van der Waals surface area (Å²) < 4.78 is 0. The van der Waals surface area contributed by atoms with Crippen molar-refractivity contribution in [2.45, 2.75) is 38.0 Å². The summed E-state index contributed by atoms with van der Waals surface area (Å²) in [5.74, 6) is 0. The maximum atomic E-state index is 12.6. The van der Waals surface area contributed by atoms with Crippen LogP contribution in [0, 0.1) is 0 Å². The maximum absolute atomic E-state index is 12.6. The van der Waals surface area contributed by atoms with Gasteiger partial charge in [0.15, 0.2) is 0 Å². The first kappa shape index (κ1) is 16.7. The highest BCUT2D eigenvalue weighted by Gasteiger charge is 2.80. The van der Waals surface area contributed by atoms with Crippen molar-refractivity contribution in [1.29, 1.82) is 0 Å². The zero-order valence-corrected chi connectivity index (χ0v) is 13.7. The number of urea groups is 2. The molecule has 0 aromatic heterocycles. The second-order valence-corrected chi connectivity index (χ2v) is 5.06. The molecule has 126 valence electrons. The molecule has 0 unspecified atom stereocenters. The fraction of sp³-hybridized carbons (Fsp3) is 0.833.